The molecule has 0 aromatic heterocycles. The molecule has 88 valence electrons. The molecule has 0 N–H and O–H groups in total. The molecule has 0 bridgehead atoms. The van der Waals surface area contributed by atoms with Crippen LogP contribution in [0.15, 0.2) is 25.4 Å². The van der Waals surface area contributed by atoms with Crippen LogP contribution >= 0.6 is 0 Å². The quantitative estimate of drug-likeness (QED) is 0.464. The summed E-state index contributed by atoms with van der Waals surface area (Å²) in [6, 6.07) is 0. The third-order valence-corrected chi connectivity index (χ3v) is 2.66. The molecule has 1 fully saturated rings. The van der Waals surface area contributed by atoms with Crippen molar-refractivity contribution in [1.29, 1.82) is 0 Å². The van der Waals surface area contributed by atoms with Gasteiger partial charge in [0, 0.05) is 13.1 Å². The molecule has 1 aliphatic heterocycles. The first-order valence-electron chi connectivity index (χ1n) is 6.32. The minimum Gasteiger partial charge on any atom is -0.378 e. The zero-order valence-corrected chi connectivity index (χ0v) is 10.4. The SMILES string of the molecule is C=CCCCCCC.C=CN1CCCC1. The molecule has 0 aromatic carbocycles. The molecule has 1 heteroatoms. The molecule has 0 aliphatic carbocycles. The Bertz CT molecular complexity index is 145. The number of likely N-dealkylation sites (tertiary alicyclic amines) is 1. The van der Waals surface area contributed by atoms with E-state index in [1.54, 1.807) is 0 Å². The largest absolute Gasteiger partial charge is 0.378 e. The lowest BCUT2D eigenvalue weighted by Crippen LogP contribution is -2.08. The highest BCUT2D eigenvalue weighted by Crippen LogP contribution is 2.05. The third-order valence-electron chi connectivity index (χ3n) is 2.66. The van der Waals surface area contributed by atoms with E-state index in [1.807, 2.05) is 12.3 Å². The van der Waals surface area contributed by atoms with Gasteiger partial charge in [-0.05, 0) is 31.9 Å². The maximum absolute atomic E-state index is 3.67. The van der Waals surface area contributed by atoms with Crippen molar-refractivity contribution in [3.05, 3.63) is 25.4 Å². The highest BCUT2D eigenvalue weighted by atomic mass is 15.1. The van der Waals surface area contributed by atoms with Gasteiger partial charge in [0.25, 0.3) is 0 Å². The molecule has 1 saturated heterocycles. The van der Waals surface area contributed by atoms with E-state index in [9.17, 15) is 0 Å². The number of allylic oxidation sites excluding steroid dienone is 1. The van der Waals surface area contributed by atoms with Crippen molar-refractivity contribution < 1.29 is 0 Å². The number of hydrogen-bond donors (Lipinski definition) is 0. The molecule has 15 heavy (non-hydrogen) atoms. The first-order valence-corrected chi connectivity index (χ1v) is 6.32. The van der Waals surface area contributed by atoms with Gasteiger partial charge in [-0.25, -0.2) is 0 Å². The van der Waals surface area contributed by atoms with Crippen LogP contribution in [0.5, 0.6) is 0 Å². The Hall–Kier alpha value is -0.720. The van der Waals surface area contributed by atoms with Crippen molar-refractivity contribution in [2.75, 3.05) is 13.1 Å². The predicted octanol–water partition coefficient (Wildman–Crippen LogP) is 4.37. The van der Waals surface area contributed by atoms with E-state index in [0.29, 0.717) is 0 Å². The Kier molecular flexibility index (Phi) is 10.8. The Morgan fingerprint density at radius 2 is 1.73 bits per heavy atom. The van der Waals surface area contributed by atoms with Gasteiger partial charge in [-0.1, -0.05) is 38.8 Å². The van der Waals surface area contributed by atoms with Crippen LogP contribution in [0, 0.1) is 0 Å². The second-order valence-corrected chi connectivity index (χ2v) is 4.06. The topological polar surface area (TPSA) is 3.24 Å². The van der Waals surface area contributed by atoms with E-state index in [4.69, 9.17) is 0 Å². The fraction of sp³-hybridized carbons (Fsp3) is 0.714. The molecule has 0 saturated carbocycles. The van der Waals surface area contributed by atoms with Gasteiger partial charge in [-0.2, -0.15) is 0 Å². The summed E-state index contributed by atoms with van der Waals surface area (Å²) in [4.78, 5) is 2.25. The first-order chi connectivity index (χ1) is 7.35. The zero-order valence-electron chi connectivity index (χ0n) is 10.4. The smallest absolute Gasteiger partial charge is 0.0172 e. The van der Waals surface area contributed by atoms with Crippen LogP contribution in [-0.4, -0.2) is 18.0 Å². The van der Waals surface area contributed by atoms with Crippen molar-refractivity contribution in [1.82, 2.24) is 4.90 Å². The van der Waals surface area contributed by atoms with E-state index in [-0.39, 0.29) is 0 Å². The van der Waals surface area contributed by atoms with Gasteiger partial charge in [0.1, 0.15) is 0 Å². The molecule has 1 rings (SSSR count). The Morgan fingerprint density at radius 3 is 2.13 bits per heavy atom. The summed E-state index contributed by atoms with van der Waals surface area (Å²) in [5, 5.41) is 0. The average molecular weight is 209 g/mol. The second-order valence-electron chi connectivity index (χ2n) is 4.06. The molecule has 0 aromatic rings. The number of nitrogens with zero attached hydrogens (tertiary/aromatic N) is 1. The van der Waals surface area contributed by atoms with E-state index in [1.165, 1.54) is 58.0 Å². The highest BCUT2D eigenvalue weighted by Gasteiger charge is 2.04. The highest BCUT2D eigenvalue weighted by molar-refractivity contribution is 4.75. The predicted molar refractivity (Wildman–Crippen MR) is 70.0 cm³/mol. The van der Waals surface area contributed by atoms with E-state index in [0.717, 1.165) is 0 Å². The lowest BCUT2D eigenvalue weighted by molar-refractivity contribution is 0.469. The van der Waals surface area contributed by atoms with Gasteiger partial charge >= 0.3 is 0 Å². The Morgan fingerprint density at radius 1 is 1.07 bits per heavy atom. The minimum absolute atomic E-state index is 1.19. The minimum atomic E-state index is 1.19. The van der Waals surface area contributed by atoms with Crippen LogP contribution < -0.4 is 0 Å². The standard InChI is InChI=1S/C8H16.C6H11N/c1-3-5-7-8-6-4-2;1-2-7-5-3-4-6-7/h3H,1,4-8H2,2H3;2H,1,3-6H2. The molecule has 0 spiro atoms. The summed E-state index contributed by atoms with van der Waals surface area (Å²) in [5.41, 5.74) is 0. The number of unbranched alkanes of at least 4 members (excludes halogenated alkanes) is 4. The molecule has 1 nitrogen and oxygen atoms in total. The second kappa shape index (κ2) is 11.4. The lowest BCUT2D eigenvalue weighted by Gasteiger charge is -2.07. The Labute approximate surface area is 95.9 Å². The van der Waals surface area contributed by atoms with Gasteiger partial charge in [0.15, 0.2) is 0 Å². The molecule has 0 atom stereocenters. The Balaban J connectivity index is 0.000000262. The third kappa shape index (κ3) is 9.58. The molecule has 0 amide bonds. The fourth-order valence-electron chi connectivity index (χ4n) is 1.64. The van der Waals surface area contributed by atoms with Crippen molar-refractivity contribution in [3.63, 3.8) is 0 Å². The van der Waals surface area contributed by atoms with Gasteiger partial charge in [0.05, 0.1) is 0 Å². The van der Waals surface area contributed by atoms with Crippen LogP contribution in [0.1, 0.15) is 51.9 Å². The molecular formula is C14H27N. The average Bonchev–Trinajstić information content (AvgIpc) is 2.78. The van der Waals surface area contributed by atoms with Crippen molar-refractivity contribution in [3.8, 4) is 0 Å². The van der Waals surface area contributed by atoms with E-state index >= 15 is 0 Å². The summed E-state index contributed by atoms with van der Waals surface area (Å²) in [6.07, 6.45) is 13.2. The molecular weight excluding hydrogens is 182 g/mol. The van der Waals surface area contributed by atoms with Crippen molar-refractivity contribution in [2.45, 2.75) is 51.9 Å². The summed E-state index contributed by atoms with van der Waals surface area (Å²) >= 11 is 0. The molecule has 1 aliphatic rings. The summed E-state index contributed by atoms with van der Waals surface area (Å²) in [6.45, 7) is 12.0. The van der Waals surface area contributed by atoms with Crippen LogP contribution in [0.3, 0.4) is 0 Å². The van der Waals surface area contributed by atoms with Gasteiger partial charge < -0.3 is 4.90 Å². The van der Waals surface area contributed by atoms with E-state index in [2.05, 4.69) is 25.0 Å². The zero-order chi connectivity index (χ0) is 11.4. The number of hydrogen-bond acceptors (Lipinski definition) is 1. The maximum atomic E-state index is 3.67. The first kappa shape index (κ1) is 14.3. The normalized spacial score (nSPS) is 14.3. The van der Waals surface area contributed by atoms with Gasteiger partial charge in [-0.3, -0.25) is 0 Å². The van der Waals surface area contributed by atoms with Crippen LogP contribution in [0.25, 0.3) is 0 Å². The van der Waals surface area contributed by atoms with E-state index < -0.39 is 0 Å². The van der Waals surface area contributed by atoms with Crippen molar-refractivity contribution >= 4 is 0 Å². The van der Waals surface area contributed by atoms with Crippen LogP contribution in [-0.2, 0) is 0 Å². The molecule has 0 radical (unpaired) electrons. The number of rotatable bonds is 6. The fourth-order valence-corrected chi connectivity index (χ4v) is 1.64. The monoisotopic (exact) mass is 209 g/mol. The van der Waals surface area contributed by atoms with Gasteiger partial charge in [-0.15, -0.1) is 6.58 Å². The molecule has 0 unspecified atom stereocenters. The molecule has 1 heterocycles. The summed E-state index contributed by atoms with van der Waals surface area (Å²) in [7, 11) is 0. The van der Waals surface area contributed by atoms with Crippen molar-refractivity contribution in [2.24, 2.45) is 0 Å². The maximum Gasteiger partial charge on any atom is 0.0172 e. The van der Waals surface area contributed by atoms with Crippen LogP contribution in [0.2, 0.25) is 0 Å². The summed E-state index contributed by atoms with van der Waals surface area (Å²) < 4.78 is 0. The summed E-state index contributed by atoms with van der Waals surface area (Å²) in [5.74, 6) is 0. The van der Waals surface area contributed by atoms with Crippen LogP contribution in [0.4, 0.5) is 0 Å². The van der Waals surface area contributed by atoms with Gasteiger partial charge in [0.2, 0.25) is 0 Å². The lowest BCUT2D eigenvalue weighted by atomic mass is 10.2.